The van der Waals surface area contributed by atoms with E-state index in [1.54, 1.807) is 0 Å². The number of benzene rings is 1. The summed E-state index contributed by atoms with van der Waals surface area (Å²) >= 11 is 0.898. The maximum atomic E-state index is 16.8. The number of alkyl halides is 1. The molecule has 14 heteroatoms. The van der Waals surface area contributed by atoms with E-state index in [9.17, 15) is 19.1 Å². The zero-order valence-corrected chi connectivity index (χ0v) is 23.2. The first-order chi connectivity index (χ1) is 20.3. The Hall–Kier alpha value is -3.77. The van der Waals surface area contributed by atoms with Crippen molar-refractivity contribution in [2.24, 2.45) is 0 Å². The van der Waals surface area contributed by atoms with Crippen molar-refractivity contribution in [1.82, 2.24) is 19.9 Å². The van der Waals surface area contributed by atoms with Crippen LogP contribution in [-0.4, -0.2) is 69.5 Å². The molecule has 1 unspecified atom stereocenters. The van der Waals surface area contributed by atoms with Gasteiger partial charge in [-0.25, -0.2) is 13.2 Å². The molecule has 0 radical (unpaired) electrons. The van der Waals surface area contributed by atoms with Gasteiger partial charge < -0.3 is 25.6 Å². The summed E-state index contributed by atoms with van der Waals surface area (Å²) in [5.41, 5.74) is 6.65. The molecule has 0 aliphatic carbocycles. The summed E-state index contributed by atoms with van der Waals surface area (Å²) in [6.45, 7) is 1.37. The van der Waals surface area contributed by atoms with Crippen molar-refractivity contribution >= 4 is 43.1 Å². The van der Waals surface area contributed by atoms with Gasteiger partial charge in [-0.2, -0.15) is 15.2 Å². The highest BCUT2D eigenvalue weighted by Crippen LogP contribution is 2.46. The summed E-state index contributed by atoms with van der Waals surface area (Å²) in [5, 5.41) is 22.9. The number of aliphatic hydroxyl groups excluding tert-OH is 1. The summed E-state index contributed by atoms with van der Waals surface area (Å²) < 4.78 is 57.8. The lowest BCUT2D eigenvalue weighted by Gasteiger charge is -2.30. The smallest absolute Gasteiger partial charge is 0.319 e. The van der Waals surface area contributed by atoms with Crippen LogP contribution in [0.25, 0.3) is 32.2 Å². The Kier molecular flexibility index (Phi) is 6.58. The van der Waals surface area contributed by atoms with E-state index in [4.69, 9.17) is 15.2 Å². The molecular weight excluding hydrogens is 571 g/mol. The van der Waals surface area contributed by atoms with E-state index in [1.807, 2.05) is 6.07 Å². The average molecular weight is 598 g/mol. The molecule has 1 aromatic carbocycles. The second-order valence-electron chi connectivity index (χ2n) is 10.8. The molecule has 4 N–H and O–H groups in total. The van der Waals surface area contributed by atoms with Crippen molar-refractivity contribution in [2.45, 2.75) is 44.2 Å². The largest absolute Gasteiger partial charge is 0.461 e. The highest BCUT2D eigenvalue weighted by atomic mass is 32.1. The van der Waals surface area contributed by atoms with E-state index in [1.165, 1.54) is 0 Å². The number of nitrogens with two attached hydrogens (primary N) is 1. The fraction of sp³-hybridized carbons (Fsp3) is 0.429. The fourth-order valence-electron chi connectivity index (χ4n) is 6.66. The number of nitriles is 1. The molecule has 0 amide bonds. The molecule has 4 aromatic rings. The van der Waals surface area contributed by atoms with Gasteiger partial charge in [0.15, 0.2) is 11.6 Å². The van der Waals surface area contributed by atoms with Crippen molar-refractivity contribution in [3.05, 3.63) is 34.5 Å². The number of ether oxygens (including phenoxy) is 2. The number of aliphatic hydroxyl groups is 1. The number of nitrogens with zero attached hydrogens (tertiary/aromatic N) is 5. The van der Waals surface area contributed by atoms with E-state index in [2.05, 4.69) is 25.2 Å². The topological polar surface area (TPSA) is 142 Å². The highest BCUT2D eigenvalue weighted by molar-refractivity contribution is 7.23. The van der Waals surface area contributed by atoms with Crippen molar-refractivity contribution in [3.63, 3.8) is 0 Å². The van der Waals surface area contributed by atoms with Gasteiger partial charge in [-0.15, -0.1) is 11.3 Å². The Bertz CT molecular complexity index is 1800. The summed E-state index contributed by atoms with van der Waals surface area (Å²) in [5.74, 6) is -1.19. The van der Waals surface area contributed by atoms with Gasteiger partial charge in [0, 0.05) is 30.5 Å². The molecule has 6 heterocycles. The van der Waals surface area contributed by atoms with Gasteiger partial charge in [-0.1, -0.05) is 0 Å². The summed E-state index contributed by atoms with van der Waals surface area (Å²) in [6, 6.07) is 1.89. The second kappa shape index (κ2) is 10.2. The lowest BCUT2D eigenvalue weighted by molar-refractivity contribution is 0.107. The minimum Gasteiger partial charge on any atom is -0.461 e. The van der Waals surface area contributed by atoms with Gasteiger partial charge in [0.25, 0.3) is 0 Å². The van der Waals surface area contributed by atoms with Gasteiger partial charge in [0.2, 0.25) is 0 Å². The van der Waals surface area contributed by atoms with Crippen LogP contribution in [0.4, 0.5) is 24.0 Å². The number of fused-ring (bicyclic) bond motifs is 5. The van der Waals surface area contributed by atoms with Crippen LogP contribution >= 0.6 is 11.3 Å². The number of hydrogen-bond donors (Lipinski definition) is 3. The van der Waals surface area contributed by atoms with Gasteiger partial charge in [-0.05, 0) is 30.5 Å². The SMILES string of the molecule is N#Cc1c(N)sc2c(F)cnc(-c3c4c(c5c(NCCO)nc(OC[C@@]67CCCN6CC(F)C7)nc5c3F)COC4)c12. The summed E-state index contributed by atoms with van der Waals surface area (Å²) in [6.07, 6.45) is 2.09. The molecule has 7 rings (SSSR count). The van der Waals surface area contributed by atoms with Gasteiger partial charge in [0.1, 0.15) is 35.2 Å². The van der Waals surface area contributed by atoms with Gasteiger partial charge >= 0.3 is 6.01 Å². The molecule has 2 fully saturated rings. The third-order valence-electron chi connectivity index (χ3n) is 8.46. The molecule has 3 aliphatic rings. The first-order valence-electron chi connectivity index (χ1n) is 13.6. The first kappa shape index (κ1) is 27.1. The Labute approximate surface area is 241 Å². The molecule has 2 atom stereocenters. The number of anilines is 2. The Morgan fingerprint density at radius 2 is 2.12 bits per heavy atom. The molecule has 10 nitrogen and oxygen atoms in total. The third kappa shape index (κ3) is 4.06. The standard InChI is InChI=1S/C28H26F3N7O3S/c29-13-6-28(2-1-4-38(28)9-13)12-41-27-36-23-20(26(37-27)34-3-5-39)16-11-40-10-15(16)18(21(23)31)22-19-14(7-32)25(33)42-24(19)17(30)8-35-22/h8,13,39H,1-6,9-12,33H2,(H,34,36,37)/t13?,28-/m0/s1. The Morgan fingerprint density at radius 1 is 1.29 bits per heavy atom. The van der Waals surface area contributed by atoms with E-state index >= 15 is 4.39 Å². The zero-order valence-electron chi connectivity index (χ0n) is 22.3. The molecule has 218 valence electrons. The molecule has 0 bridgehead atoms. The van der Waals surface area contributed by atoms with Crippen LogP contribution in [0.2, 0.25) is 0 Å². The Balaban J connectivity index is 1.42. The van der Waals surface area contributed by atoms with Crippen LogP contribution in [0.3, 0.4) is 0 Å². The maximum Gasteiger partial charge on any atom is 0.319 e. The molecule has 3 aliphatic heterocycles. The maximum absolute atomic E-state index is 16.8. The summed E-state index contributed by atoms with van der Waals surface area (Å²) in [4.78, 5) is 15.3. The number of rotatable bonds is 7. The minimum atomic E-state index is -0.944. The number of halogens is 3. The molecule has 0 spiro atoms. The molecule has 0 saturated carbocycles. The number of hydrogen-bond acceptors (Lipinski definition) is 11. The second-order valence-corrected chi connectivity index (χ2v) is 11.9. The monoisotopic (exact) mass is 597 g/mol. The van der Waals surface area contributed by atoms with Crippen LogP contribution in [0, 0.1) is 23.0 Å². The fourth-order valence-corrected chi connectivity index (χ4v) is 7.58. The molecule has 2 saturated heterocycles. The quantitative estimate of drug-likeness (QED) is 0.286. The predicted octanol–water partition coefficient (Wildman–Crippen LogP) is 4.03. The normalized spacial score (nSPS) is 21.6. The molecular formula is C28H26F3N7O3S. The molecule has 3 aromatic heterocycles. The van der Waals surface area contributed by atoms with Crippen molar-refractivity contribution < 1.29 is 27.8 Å². The predicted molar refractivity (Wildman–Crippen MR) is 150 cm³/mol. The number of pyridine rings is 1. The number of aromatic nitrogens is 3. The van der Waals surface area contributed by atoms with Gasteiger partial charge in [0.05, 0.1) is 52.9 Å². The summed E-state index contributed by atoms with van der Waals surface area (Å²) in [7, 11) is 0. The van der Waals surface area contributed by atoms with E-state index in [0.29, 0.717) is 29.5 Å². The third-order valence-corrected chi connectivity index (χ3v) is 9.48. The van der Waals surface area contributed by atoms with Crippen molar-refractivity contribution in [2.75, 3.05) is 43.9 Å². The van der Waals surface area contributed by atoms with Crippen molar-refractivity contribution in [3.8, 4) is 23.3 Å². The van der Waals surface area contributed by atoms with Crippen LogP contribution in [0.5, 0.6) is 6.01 Å². The lowest BCUT2D eigenvalue weighted by Crippen LogP contribution is -2.43. The van der Waals surface area contributed by atoms with E-state index in [-0.39, 0.29) is 82.2 Å². The first-order valence-corrected chi connectivity index (χ1v) is 14.4. The van der Waals surface area contributed by atoms with Gasteiger partial charge in [-0.3, -0.25) is 9.88 Å². The van der Waals surface area contributed by atoms with Crippen molar-refractivity contribution in [1.29, 1.82) is 5.26 Å². The average Bonchev–Trinajstić information content (AvgIpc) is 3.74. The number of nitrogens with one attached hydrogen (secondary N) is 1. The lowest BCUT2D eigenvalue weighted by atomic mass is 9.93. The highest BCUT2D eigenvalue weighted by Gasteiger charge is 2.49. The molecule has 42 heavy (non-hydrogen) atoms. The van der Waals surface area contributed by atoms with Crippen LogP contribution in [0.1, 0.15) is 36.0 Å². The van der Waals surface area contributed by atoms with Crippen LogP contribution in [-0.2, 0) is 18.0 Å². The van der Waals surface area contributed by atoms with E-state index in [0.717, 1.165) is 36.9 Å². The minimum absolute atomic E-state index is 0.0179. The van der Waals surface area contributed by atoms with Crippen LogP contribution in [0.15, 0.2) is 6.20 Å². The zero-order chi connectivity index (χ0) is 29.2. The Morgan fingerprint density at radius 3 is 2.93 bits per heavy atom. The number of nitrogen functional groups attached to an aromatic ring is 1. The van der Waals surface area contributed by atoms with Crippen LogP contribution < -0.4 is 15.8 Å². The number of thiophene rings is 1. The van der Waals surface area contributed by atoms with E-state index < -0.39 is 23.3 Å².